The average molecular weight is 719 g/mol. The lowest BCUT2D eigenvalue weighted by Gasteiger charge is -2.27. The number of nitrogens with zero attached hydrogens (tertiary/aromatic N) is 4. The number of hydrogen-bond donors (Lipinski definition) is 4. The maximum Gasteiger partial charge on any atom is 0.459 e. The van der Waals surface area contributed by atoms with Gasteiger partial charge in [0.1, 0.15) is 29.6 Å². The molecule has 2 aromatic heterocycles. The monoisotopic (exact) mass is 718 g/mol. The normalized spacial score (nSPS) is 22.6. The van der Waals surface area contributed by atoms with Gasteiger partial charge in [-0.1, -0.05) is 49.1 Å². The number of rotatable bonds is 16. The molecule has 18 heteroatoms. The summed E-state index contributed by atoms with van der Waals surface area (Å²) in [7, 11) is -4.60. The zero-order valence-corrected chi connectivity index (χ0v) is 28.0. The molecule has 2 aromatic carbocycles. The van der Waals surface area contributed by atoms with Crippen LogP contribution < -0.4 is 20.1 Å². The molecule has 1 fully saturated rings. The first-order chi connectivity index (χ1) is 23.7. The number of halogens is 2. The fourth-order valence-corrected chi connectivity index (χ4v) is 6.62. The Morgan fingerprint density at radius 1 is 1.26 bits per heavy atom. The summed E-state index contributed by atoms with van der Waals surface area (Å²) in [5.74, 6) is -4.63. The first-order valence-electron chi connectivity index (χ1n) is 15.4. The van der Waals surface area contributed by atoms with Crippen molar-refractivity contribution >= 4 is 41.6 Å². The van der Waals surface area contributed by atoms with E-state index in [0.717, 1.165) is 5.39 Å². The fraction of sp³-hybridized carbons (Fsp3) is 0.375. The van der Waals surface area contributed by atoms with Gasteiger partial charge in [-0.25, -0.2) is 9.55 Å². The van der Waals surface area contributed by atoms with E-state index in [9.17, 15) is 28.4 Å². The second kappa shape index (κ2) is 14.8. The van der Waals surface area contributed by atoms with Gasteiger partial charge in [0.15, 0.2) is 24.0 Å². The van der Waals surface area contributed by atoms with Gasteiger partial charge in [-0.2, -0.15) is 23.8 Å². The molecule has 6 atom stereocenters. The number of carbonyl (C=O) groups excluding carboxylic acids is 1. The highest BCUT2D eigenvalue weighted by Gasteiger charge is 2.54. The average Bonchev–Trinajstić information content (AvgIpc) is 3.59. The Hall–Kier alpha value is -4.51. The topological polar surface area (TPSA) is 202 Å². The van der Waals surface area contributed by atoms with Gasteiger partial charge in [0.25, 0.3) is 5.92 Å². The number of fused-ring (bicyclic) bond motifs is 2. The van der Waals surface area contributed by atoms with E-state index in [1.165, 1.54) is 30.8 Å². The predicted molar refractivity (Wildman–Crippen MR) is 177 cm³/mol. The lowest BCUT2D eigenvalue weighted by molar-refractivity contribution is -0.153. The van der Waals surface area contributed by atoms with Crippen molar-refractivity contribution in [2.75, 3.05) is 25.6 Å². The number of esters is 1. The highest BCUT2D eigenvalue weighted by atomic mass is 31.2. The summed E-state index contributed by atoms with van der Waals surface area (Å²) in [4.78, 5) is 25.2. The molecule has 0 spiro atoms. The molecule has 15 nitrogen and oxygen atoms in total. The largest absolute Gasteiger partial charge is 0.476 e. The Bertz CT molecular complexity index is 1920. The molecule has 50 heavy (non-hydrogen) atoms. The molecular weight excluding hydrogens is 681 g/mol. The molecule has 268 valence electrons. The molecule has 0 saturated carbocycles. The molecule has 3 unspecified atom stereocenters. The van der Waals surface area contributed by atoms with Gasteiger partial charge >= 0.3 is 13.7 Å². The first kappa shape index (κ1) is 36.8. The van der Waals surface area contributed by atoms with Crippen LogP contribution in [0.3, 0.4) is 0 Å². The third-order valence-corrected chi connectivity index (χ3v) is 9.39. The number of aliphatic hydroxyl groups excluding tert-OH is 1. The van der Waals surface area contributed by atoms with Crippen molar-refractivity contribution in [2.45, 2.75) is 56.3 Å². The van der Waals surface area contributed by atoms with Crippen molar-refractivity contribution in [1.82, 2.24) is 24.6 Å². The first-order valence-corrected chi connectivity index (χ1v) is 16.9. The van der Waals surface area contributed by atoms with Crippen LogP contribution in [0.25, 0.3) is 21.9 Å². The number of anilines is 1. The van der Waals surface area contributed by atoms with Crippen LogP contribution in [0.2, 0.25) is 0 Å². The minimum atomic E-state index is -4.60. The Morgan fingerprint density at radius 3 is 2.74 bits per heavy atom. The quantitative estimate of drug-likeness (QED) is 0.0559. The van der Waals surface area contributed by atoms with Crippen LogP contribution in [0.1, 0.15) is 26.5 Å². The van der Waals surface area contributed by atoms with E-state index in [-0.39, 0.29) is 35.3 Å². The van der Waals surface area contributed by atoms with E-state index in [4.69, 9.17) is 24.3 Å². The van der Waals surface area contributed by atoms with E-state index in [2.05, 4.69) is 37.9 Å². The zero-order valence-electron chi connectivity index (χ0n) is 27.1. The second-order valence-electron chi connectivity index (χ2n) is 11.6. The van der Waals surface area contributed by atoms with Gasteiger partial charge in [0, 0.05) is 5.39 Å². The maximum atomic E-state index is 14.3. The standard InChI is InChI=1S/C32H37F2N6O9P/c1-5-7-15-45-27-24-26(37-30(35)38-27)40(18-36-24)29-31(4,43)25(41)23(48-29)16-47-50(44,39-19(3)28(42)46-17-32(33,34)6-2)49-22-14-10-12-20-11-8-9-13-21(20)22/h5-6,8-14,18-19,23,25,29,41,43H,1-2,7,15-17H2,3-4H3,(H,39,44)(H2,35,37,38)/t19-,23?,25+,29?,31+,50?/m0/s1. The molecule has 3 heterocycles. The smallest absolute Gasteiger partial charge is 0.459 e. The van der Waals surface area contributed by atoms with E-state index in [0.29, 0.717) is 17.9 Å². The Balaban J connectivity index is 1.39. The van der Waals surface area contributed by atoms with Gasteiger partial charge in [-0.05, 0) is 37.8 Å². The van der Waals surface area contributed by atoms with Gasteiger partial charge in [0.2, 0.25) is 11.8 Å². The lowest BCUT2D eigenvalue weighted by atomic mass is 9.96. The number of nitrogens with one attached hydrogen (secondary N) is 1. The van der Waals surface area contributed by atoms with Crippen molar-refractivity contribution in [3.63, 3.8) is 0 Å². The fourth-order valence-electron chi connectivity index (χ4n) is 5.10. The number of nitrogen functional groups attached to an aromatic ring is 1. The Morgan fingerprint density at radius 2 is 2.00 bits per heavy atom. The molecule has 4 aromatic rings. The number of benzene rings is 2. The molecule has 0 aliphatic carbocycles. The summed E-state index contributed by atoms with van der Waals surface area (Å²) in [6, 6.07) is 10.5. The number of ether oxygens (including phenoxy) is 3. The minimum Gasteiger partial charge on any atom is -0.476 e. The molecule has 1 saturated heterocycles. The predicted octanol–water partition coefficient (Wildman–Crippen LogP) is 4.07. The van der Waals surface area contributed by atoms with Crippen LogP contribution >= 0.6 is 7.75 Å². The molecule has 5 rings (SSSR count). The number of aromatic nitrogens is 4. The van der Waals surface area contributed by atoms with Crippen LogP contribution in [0.4, 0.5) is 14.7 Å². The van der Waals surface area contributed by atoms with Crippen LogP contribution in [-0.4, -0.2) is 85.3 Å². The summed E-state index contributed by atoms with van der Waals surface area (Å²) >= 11 is 0. The van der Waals surface area contributed by atoms with Crippen molar-refractivity contribution < 1.29 is 51.6 Å². The molecular formula is C32H37F2N6O9P. The van der Waals surface area contributed by atoms with Gasteiger partial charge < -0.3 is 34.7 Å². The van der Waals surface area contributed by atoms with Crippen molar-refractivity contribution in [3.05, 3.63) is 74.1 Å². The zero-order chi connectivity index (χ0) is 36.3. The number of carbonyl (C=O) groups is 1. The summed E-state index contributed by atoms with van der Waals surface area (Å²) in [6.07, 6.45) is -0.485. The molecule has 5 N–H and O–H groups in total. The van der Waals surface area contributed by atoms with Gasteiger partial charge in [-0.15, -0.1) is 6.58 Å². The van der Waals surface area contributed by atoms with Crippen LogP contribution in [0, 0.1) is 0 Å². The number of aliphatic hydroxyl groups is 2. The Kier molecular flexibility index (Phi) is 10.9. The van der Waals surface area contributed by atoms with Crippen LogP contribution in [0.15, 0.2) is 74.1 Å². The summed E-state index contributed by atoms with van der Waals surface area (Å²) in [5, 5.41) is 26.3. The van der Waals surface area contributed by atoms with Crippen LogP contribution in [0.5, 0.6) is 11.6 Å². The molecule has 0 amide bonds. The summed E-state index contributed by atoms with van der Waals surface area (Å²) in [6.45, 7) is 7.47. The van der Waals surface area contributed by atoms with Gasteiger partial charge in [0.05, 0.1) is 19.5 Å². The molecule has 0 radical (unpaired) electrons. The van der Waals surface area contributed by atoms with E-state index in [1.807, 2.05) is 0 Å². The number of hydrogen-bond acceptors (Lipinski definition) is 13. The molecule has 1 aliphatic heterocycles. The third-order valence-electron chi connectivity index (χ3n) is 7.76. The lowest BCUT2D eigenvalue weighted by Crippen LogP contribution is -2.44. The van der Waals surface area contributed by atoms with E-state index in [1.54, 1.807) is 42.5 Å². The SMILES string of the molecule is C=CCCOc1nc(N)nc2c1ncn2C1OC(COP(=O)(N[C@@H](C)C(=O)OCC(F)(F)C=C)Oc2cccc3ccccc23)[C@@H](O)[C@@]1(C)O. The number of nitrogens with two attached hydrogens (primary N) is 1. The third kappa shape index (κ3) is 7.93. The highest BCUT2D eigenvalue weighted by molar-refractivity contribution is 7.52. The minimum absolute atomic E-state index is 0.0876. The maximum absolute atomic E-state index is 14.3. The van der Waals surface area contributed by atoms with E-state index >= 15 is 0 Å². The molecule has 0 bridgehead atoms. The van der Waals surface area contributed by atoms with Crippen molar-refractivity contribution in [2.24, 2.45) is 0 Å². The van der Waals surface area contributed by atoms with Crippen LogP contribution in [-0.2, 0) is 23.4 Å². The highest BCUT2D eigenvalue weighted by Crippen LogP contribution is 2.48. The van der Waals surface area contributed by atoms with Crippen molar-refractivity contribution in [1.29, 1.82) is 0 Å². The Labute approximate surface area is 285 Å². The summed E-state index contributed by atoms with van der Waals surface area (Å²) in [5.41, 5.74) is 4.26. The van der Waals surface area contributed by atoms with Crippen molar-refractivity contribution in [3.8, 4) is 11.6 Å². The van der Waals surface area contributed by atoms with Gasteiger partial charge in [-0.3, -0.25) is 13.9 Å². The molecule has 1 aliphatic rings. The number of imidazole rings is 1. The number of alkyl halides is 2. The second-order valence-corrected chi connectivity index (χ2v) is 13.3. The van der Waals surface area contributed by atoms with E-state index < -0.39 is 62.9 Å². The summed E-state index contributed by atoms with van der Waals surface area (Å²) < 4.78 is 70.9.